The summed E-state index contributed by atoms with van der Waals surface area (Å²) >= 11 is 0. The summed E-state index contributed by atoms with van der Waals surface area (Å²) in [6.07, 6.45) is 30.3. The fourth-order valence-electron chi connectivity index (χ4n) is 3.80. The number of hydrogen-bond donors (Lipinski definition) is 4. The van der Waals surface area contributed by atoms with Crippen LogP contribution in [0.15, 0.2) is 48.6 Å². The third-order valence-corrected chi connectivity index (χ3v) is 7.10. The molecule has 0 fully saturated rings. The van der Waals surface area contributed by atoms with Gasteiger partial charge in [0.2, 0.25) is 5.91 Å². The first kappa shape index (κ1) is 38.5. The van der Waals surface area contributed by atoms with E-state index in [1.807, 2.05) is 6.08 Å². The molecule has 0 aliphatic heterocycles. The third-order valence-electron chi connectivity index (χ3n) is 6.12. The van der Waals surface area contributed by atoms with Crippen molar-refractivity contribution in [1.82, 2.24) is 5.32 Å². The Bertz CT molecular complexity index is 769. The van der Waals surface area contributed by atoms with Crippen molar-refractivity contribution in [3.05, 3.63) is 48.6 Å². The number of rotatable bonds is 27. The molecule has 1 amide bonds. The van der Waals surface area contributed by atoms with Gasteiger partial charge in [0.15, 0.2) is 0 Å². The van der Waals surface area contributed by atoms with Gasteiger partial charge in [0.1, 0.15) is 0 Å². The molecule has 0 aliphatic rings. The van der Waals surface area contributed by atoms with Gasteiger partial charge >= 0.3 is 7.82 Å². The summed E-state index contributed by atoms with van der Waals surface area (Å²) in [6.45, 7) is 3.88. The van der Waals surface area contributed by atoms with Crippen LogP contribution in [0, 0.1) is 0 Å². The number of carbonyl (C=O) groups is 1. The lowest BCUT2D eigenvalue weighted by atomic mass is 10.1. The molecule has 0 saturated carbocycles. The molecule has 0 spiro atoms. The van der Waals surface area contributed by atoms with Gasteiger partial charge in [-0.25, -0.2) is 4.57 Å². The van der Waals surface area contributed by atoms with Crippen LogP contribution in [0.1, 0.15) is 110 Å². The maximum Gasteiger partial charge on any atom is 0.472 e. The van der Waals surface area contributed by atoms with Crippen LogP contribution < -0.4 is 11.1 Å². The molecule has 0 bridgehead atoms. The molecule has 3 atom stereocenters. The highest BCUT2D eigenvalue weighted by Gasteiger charge is 2.26. The summed E-state index contributed by atoms with van der Waals surface area (Å²) in [5, 5.41) is 13.4. The van der Waals surface area contributed by atoms with Crippen molar-refractivity contribution in [2.24, 2.45) is 5.73 Å². The van der Waals surface area contributed by atoms with Gasteiger partial charge in [-0.15, -0.1) is 0 Å². The first-order valence-electron chi connectivity index (χ1n) is 15.3. The minimum atomic E-state index is -4.33. The normalized spacial score (nSPS) is 15.4. The summed E-state index contributed by atoms with van der Waals surface area (Å²) in [4.78, 5) is 22.4. The third kappa shape index (κ3) is 25.4. The van der Waals surface area contributed by atoms with E-state index in [4.69, 9.17) is 14.8 Å². The minimum absolute atomic E-state index is 0.0684. The monoisotopic (exact) mass is 584 g/mol. The first-order valence-corrected chi connectivity index (χ1v) is 16.8. The largest absolute Gasteiger partial charge is 0.472 e. The van der Waals surface area contributed by atoms with Crippen molar-refractivity contribution < 1.29 is 28.4 Å². The van der Waals surface area contributed by atoms with E-state index in [1.165, 1.54) is 12.8 Å². The second kappa shape index (κ2) is 27.6. The van der Waals surface area contributed by atoms with Crippen LogP contribution in [-0.4, -0.2) is 47.8 Å². The maximum atomic E-state index is 12.6. The molecule has 232 valence electrons. The maximum absolute atomic E-state index is 12.6. The van der Waals surface area contributed by atoms with Crippen LogP contribution in [0.4, 0.5) is 0 Å². The number of allylic oxidation sites excluding steroid dienone is 7. The number of phosphoric ester groups is 1. The molecule has 0 saturated heterocycles. The van der Waals surface area contributed by atoms with Gasteiger partial charge < -0.3 is 21.1 Å². The molecule has 0 aliphatic carbocycles. The summed E-state index contributed by atoms with van der Waals surface area (Å²) in [6, 6.07) is -0.883. The topological polar surface area (TPSA) is 131 Å². The van der Waals surface area contributed by atoms with E-state index in [0.717, 1.165) is 77.0 Å². The Morgan fingerprint density at radius 1 is 0.825 bits per heavy atom. The Labute approximate surface area is 243 Å². The summed E-state index contributed by atoms with van der Waals surface area (Å²) in [5.41, 5.74) is 5.32. The van der Waals surface area contributed by atoms with Gasteiger partial charge in [0.05, 0.1) is 25.4 Å². The smallest absolute Gasteiger partial charge is 0.387 e. The molecule has 0 aromatic heterocycles. The fraction of sp³-hybridized carbons (Fsp3) is 0.710. The summed E-state index contributed by atoms with van der Waals surface area (Å²) in [7, 11) is -4.33. The van der Waals surface area contributed by atoms with Crippen LogP contribution in [0.3, 0.4) is 0 Å². The Morgan fingerprint density at radius 3 is 2.05 bits per heavy atom. The zero-order valence-electron chi connectivity index (χ0n) is 25.1. The number of carbonyl (C=O) groups excluding carboxylic acids is 1. The molecule has 0 radical (unpaired) electrons. The first-order chi connectivity index (χ1) is 19.4. The zero-order chi connectivity index (χ0) is 29.7. The lowest BCUT2D eigenvalue weighted by Crippen LogP contribution is -2.45. The van der Waals surface area contributed by atoms with Gasteiger partial charge in [0.25, 0.3) is 0 Å². The van der Waals surface area contributed by atoms with Crippen molar-refractivity contribution in [2.75, 3.05) is 19.8 Å². The second-order valence-electron chi connectivity index (χ2n) is 9.90. The summed E-state index contributed by atoms with van der Waals surface area (Å²) in [5.74, 6) is -0.226. The highest BCUT2D eigenvalue weighted by Crippen LogP contribution is 2.43. The van der Waals surface area contributed by atoms with E-state index in [2.05, 4.69) is 55.6 Å². The number of unbranched alkanes of at least 4 members (excludes halogenated alkanes) is 9. The summed E-state index contributed by atoms with van der Waals surface area (Å²) < 4.78 is 21.8. The number of hydrogen-bond acceptors (Lipinski definition) is 6. The Balaban J connectivity index is 4.56. The van der Waals surface area contributed by atoms with Gasteiger partial charge in [-0.3, -0.25) is 13.8 Å². The second-order valence-corrected chi connectivity index (χ2v) is 11.4. The Morgan fingerprint density at radius 2 is 1.40 bits per heavy atom. The van der Waals surface area contributed by atoms with Crippen LogP contribution in [0.5, 0.6) is 0 Å². The zero-order valence-corrected chi connectivity index (χ0v) is 25.9. The number of phosphoric acid groups is 1. The van der Waals surface area contributed by atoms with Crippen molar-refractivity contribution in [3.8, 4) is 0 Å². The molecular formula is C31H57N2O6P. The average Bonchev–Trinajstić information content (AvgIpc) is 2.93. The standard InChI is InChI=1S/C31H57N2O6P/c1-3-5-7-9-11-13-15-17-19-21-23-25-31(35)33-29(28-39-40(36,37)38-27-26-32)30(34)24-22-20-18-16-14-12-10-8-6-4-2/h6,8-9,11,14,16,22,24,29-30,34H,3-5,7,10,12-13,15,17-21,23,25-28,32H2,1-2H3,(H,33,35)(H,36,37)/b8-6+,11-9-,16-14+,24-22+. The quantitative estimate of drug-likeness (QED) is 0.0463. The minimum Gasteiger partial charge on any atom is -0.387 e. The predicted octanol–water partition coefficient (Wildman–Crippen LogP) is 7.04. The lowest BCUT2D eigenvalue weighted by molar-refractivity contribution is -0.123. The molecule has 0 aromatic carbocycles. The molecule has 0 rings (SSSR count). The van der Waals surface area contributed by atoms with E-state index >= 15 is 0 Å². The van der Waals surface area contributed by atoms with Crippen molar-refractivity contribution in [1.29, 1.82) is 0 Å². The van der Waals surface area contributed by atoms with Gasteiger partial charge in [-0.05, 0) is 57.8 Å². The SMILES string of the molecule is CC/C=C/CC/C=C/CC/C=C/C(O)C(COP(=O)(O)OCCN)NC(=O)CCCCCCC/C=C\CCCC. The van der Waals surface area contributed by atoms with E-state index < -0.39 is 20.0 Å². The van der Waals surface area contributed by atoms with Crippen molar-refractivity contribution in [2.45, 2.75) is 122 Å². The van der Waals surface area contributed by atoms with E-state index in [-0.39, 0.29) is 25.7 Å². The number of amides is 1. The highest BCUT2D eigenvalue weighted by atomic mass is 31.2. The van der Waals surface area contributed by atoms with Crippen LogP contribution in [0.2, 0.25) is 0 Å². The van der Waals surface area contributed by atoms with Gasteiger partial charge in [0, 0.05) is 13.0 Å². The number of aliphatic hydroxyl groups excluding tert-OH is 1. The predicted molar refractivity (Wildman–Crippen MR) is 166 cm³/mol. The van der Waals surface area contributed by atoms with Crippen molar-refractivity contribution in [3.63, 3.8) is 0 Å². The van der Waals surface area contributed by atoms with Crippen LogP contribution in [-0.2, 0) is 18.4 Å². The molecule has 0 heterocycles. The number of nitrogens with two attached hydrogens (primary N) is 1. The number of aliphatic hydroxyl groups is 1. The molecule has 3 unspecified atom stereocenters. The van der Waals surface area contributed by atoms with Crippen LogP contribution >= 0.6 is 7.82 Å². The van der Waals surface area contributed by atoms with Gasteiger partial charge in [-0.2, -0.15) is 0 Å². The average molecular weight is 585 g/mol. The highest BCUT2D eigenvalue weighted by molar-refractivity contribution is 7.47. The Kier molecular flexibility index (Phi) is 26.6. The van der Waals surface area contributed by atoms with Gasteiger partial charge in [-0.1, -0.05) is 94.6 Å². The van der Waals surface area contributed by atoms with E-state index in [0.29, 0.717) is 6.42 Å². The molecule has 40 heavy (non-hydrogen) atoms. The fourth-order valence-corrected chi connectivity index (χ4v) is 4.55. The molecule has 0 aromatic rings. The lowest BCUT2D eigenvalue weighted by Gasteiger charge is -2.23. The van der Waals surface area contributed by atoms with E-state index in [1.54, 1.807) is 6.08 Å². The molecule has 8 nitrogen and oxygen atoms in total. The molecular weight excluding hydrogens is 527 g/mol. The number of nitrogens with one attached hydrogen (secondary N) is 1. The van der Waals surface area contributed by atoms with Crippen molar-refractivity contribution >= 4 is 13.7 Å². The molecule has 9 heteroatoms. The molecule has 5 N–H and O–H groups in total. The van der Waals surface area contributed by atoms with Crippen LogP contribution in [0.25, 0.3) is 0 Å². The Hall–Kier alpha value is -1.54. The van der Waals surface area contributed by atoms with E-state index in [9.17, 15) is 19.4 Å².